The van der Waals surface area contributed by atoms with Gasteiger partial charge in [-0.25, -0.2) is 0 Å². The summed E-state index contributed by atoms with van der Waals surface area (Å²) >= 11 is 7.69. The minimum Gasteiger partial charge on any atom is -0.486 e. The first-order chi connectivity index (χ1) is 8.29. The van der Waals surface area contributed by atoms with Crippen LogP contribution in [0.15, 0.2) is 29.9 Å². The number of ether oxygens (including phenoxy) is 1. The molecule has 2 N–H and O–H groups in total. The second kappa shape index (κ2) is 6.00. The second-order valence-corrected chi connectivity index (χ2v) is 4.94. The third-order valence-electron chi connectivity index (χ3n) is 2.28. The predicted octanol–water partition coefficient (Wildman–Crippen LogP) is 2.88. The molecule has 0 saturated carbocycles. The van der Waals surface area contributed by atoms with Crippen LogP contribution in [-0.4, -0.2) is 11.5 Å². The maximum Gasteiger partial charge on any atom is 0.138 e. The van der Waals surface area contributed by atoms with E-state index in [1.165, 1.54) is 0 Å². The van der Waals surface area contributed by atoms with Gasteiger partial charge in [-0.2, -0.15) is 0 Å². The van der Waals surface area contributed by atoms with Crippen LogP contribution in [0.4, 0.5) is 0 Å². The third kappa shape index (κ3) is 3.43. The number of halogens is 1. The summed E-state index contributed by atoms with van der Waals surface area (Å²) < 4.78 is 5.62. The first-order valence-corrected chi connectivity index (χ1v) is 6.54. The van der Waals surface area contributed by atoms with Crippen molar-refractivity contribution in [2.75, 3.05) is 6.54 Å². The zero-order valence-electron chi connectivity index (χ0n) is 9.23. The summed E-state index contributed by atoms with van der Waals surface area (Å²) in [7, 11) is 0. The van der Waals surface area contributed by atoms with Crippen LogP contribution in [0.2, 0.25) is 5.02 Å². The molecule has 17 heavy (non-hydrogen) atoms. The largest absolute Gasteiger partial charge is 0.486 e. The van der Waals surface area contributed by atoms with Crippen LogP contribution in [0.1, 0.15) is 10.4 Å². The Morgan fingerprint density at radius 3 is 2.94 bits per heavy atom. The fourth-order valence-electron chi connectivity index (χ4n) is 1.45. The topological polar surface area (TPSA) is 48.1 Å². The van der Waals surface area contributed by atoms with Gasteiger partial charge in [0.05, 0.1) is 15.4 Å². The fraction of sp³-hybridized carbons (Fsp3) is 0.250. The molecular weight excluding hydrogens is 256 g/mol. The van der Waals surface area contributed by atoms with E-state index in [1.54, 1.807) is 23.0 Å². The molecule has 0 amide bonds. The Bertz CT molecular complexity index is 473. The van der Waals surface area contributed by atoms with Crippen LogP contribution in [0, 0.1) is 0 Å². The monoisotopic (exact) mass is 268 g/mol. The second-order valence-electron chi connectivity index (χ2n) is 3.56. The van der Waals surface area contributed by atoms with E-state index in [-0.39, 0.29) is 0 Å². The summed E-state index contributed by atoms with van der Waals surface area (Å²) in [6.07, 6.45) is 2.62. The lowest BCUT2D eigenvalue weighted by atomic mass is 10.1. The molecule has 1 heterocycles. The molecule has 0 aliphatic heterocycles. The molecule has 1 aromatic heterocycles. The van der Waals surface area contributed by atoms with Gasteiger partial charge in [0.25, 0.3) is 0 Å². The highest BCUT2D eigenvalue weighted by molar-refractivity contribution is 7.09. The van der Waals surface area contributed by atoms with Gasteiger partial charge in [-0.3, -0.25) is 4.98 Å². The Labute approximate surface area is 109 Å². The quantitative estimate of drug-likeness (QED) is 0.907. The van der Waals surface area contributed by atoms with E-state index < -0.39 is 0 Å². The molecule has 2 aromatic rings. The average molecular weight is 269 g/mol. The SMILES string of the molecule is NCCc1ccc(OCc2cncs2)c(Cl)c1. The molecule has 0 aliphatic rings. The Hall–Kier alpha value is -1.10. The standard InChI is InChI=1S/C12H13ClN2OS/c13-11-5-9(3-4-14)1-2-12(11)16-7-10-6-15-8-17-10/h1-2,5-6,8H,3-4,7,14H2. The molecular formula is C12H13ClN2OS. The minimum atomic E-state index is 0.501. The average Bonchev–Trinajstić information content (AvgIpc) is 2.81. The van der Waals surface area contributed by atoms with Gasteiger partial charge < -0.3 is 10.5 Å². The number of hydrogen-bond donors (Lipinski definition) is 1. The molecule has 0 saturated heterocycles. The van der Waals surface area contributed by atoms with Gasteiger partial charge in [-0.05, 0) is 30.7 Å². The summed E-state index contributed by atoms with van der Waals surface area (Å²) in [4.78, 5) is 5.06. The van der Waals surface area contributed by atoms with Gasteiger partial charge in [0.15, 0.2) is 0 Å². The van der Waals surface area contributed by atoms with Gasteiger partial charge >= 0.3 is 0 Å². The third-order valence-corrected chi connectivity index (χ3v) is 3.33. The summed E-state index contributed by atoms with van der Waals surface area (Å²) in [6.45, 7) is 1.12. The van der Waals surface area contributed by atoms with Crippen LogP contribution in [-0.2, 0) is 13.0 Å². The van der Waals surface area contributed by atoms with Crippen molar-refractivity contribution in [3.8, 4) is 5.75 Å². The van der Waals surface area contributed by atoms with Crippen LogP contribution in [0.3, 0.4) is 0 Å². The summed E-state index contributed by atoms with van der Waals surface area (Å²) in [6, 6.07) is 5.77. The summed E-state index contributed by atoms with van der Waals surface area (Å²) in [5, 5.41) is 0.625. The zero-order chi connectivity index (χ0) is 12.1. The maximum absolute atomic E-state index is 6.13. The van der Waals surface area contributed by atoms with Crippen molar-refractivity contribution in [1.82, 2.24) is 4.98 Å². The molecule has 90 valence electrons. The van der Waals surface area contributed by atoms with Gasteiger partial charge in [-0.1, -0.05) is 17.7 Å². The number of thiazole rings is 1. The van der Waals surface area contributed by atoms with Crippen molar-refractivity contribution < 1.29 is 4.74 Å². The van der Waals surface area contributed by atoms with Crippen LogP contribution in [0.5, 0.6) is 5.75 Å². The Balaban J connectivity index is 2.01. The van der Waals surface area contributed by atoms with Crippen molar-refractivity contribution in [1.29, 1.82) is 0 Å². The van der Waals surface area contributed by atoms with Gasteiger partial charge in [-0.15, -0.1) is 11.3 Å². The number of aromatic nitrogens is 1. The normalized spacial score (nSPS) is 10.5. The van der Waals surface area contributed by atoms with Crippen molar-refractivity contribution in [3.63, 3.8) is 0 Å². The van der Waals surface area contributed by atoms with Gasteiger partial charge in [0, 0.05) is 6.20 Å². The molecule has 1 aromatic carbocycles. The number of nitrogens with zero attached hydrogens (tertiary/aromatic N) is 1. The maximum atomic E-state index is 6.13. The van der Waals surface area contributed by atoms with Gasteiger partial charge in [0.2, 0.25) is 0 Å². The zero-order valence-corrected chi connectivity index (χ0v) is 10.8. The lowest BCUT2D eigenvalue weighted by Gasteiger charge is -2.08. The van der Waals surface area contributed by atoms with E-state index in [0.717, 1.165) is 16.9 Å². The van der Waals surface area contributed by atoms with Crippen LogP contribution < -0.4 is 10.5 Å². The molecule has 3 nitrogen and oxygen atoms in total. The predicted molar refractivity (Wildman–Crippen MR) is 70.7 cm³/mol. The summed E-state index contributed by atoms with van der Waals surface area (Å²) in [5.41, 5.74) is 8.40. The van der Waals surface area contributed by atoms with Crippen molar-refractivity contribution >= 4 is 22.9 Å². The molecule has 0 bridgehead atoms. The molecule has 5 heteroatoms. The van der Waals surface area contributed by atoms with Crippen molar-refractivity contribution in [3.05, 3.63) is 45.4 Å². The lowest BCUT2D eigenvalue weighted by Crippen LogP contribution is -2.02. The number of benzene rings is 1. The summed E-state index contributed by atoms with van der Waals surface area (Å²) in [5.74, 6) is 0.695. The fourth-order valence-corrected chi connectivity index (χ4v) is 2.21. The molecule has 0 atom stereocenters. The molecule has 2 rings (SSSR count). The van der Waals surface area contributed by atoms with Gasteiger partial charge in [0.1, 0.15) is 12.4 Å². The highest BCUT2D eigenvalue weighted by atomic mass is 35.5. The number of rotatable bonds is 5. The number of hydrogen-bond acceptors (Lipinski definition) is 4. The van der Waals surface area contributed by atoms with E-state index in [1.807, 2.05) is 18.2 Å². The highest BCUT2D eigenvalue weighted by Crippen LogP contribution is 2.26. The first kappa shape index (κ1) is 12.4. The van der Waals surface area contributed by atoms with E-state index in [2.05, 4.69) is 4.98 Å². The first-order valence-electron chi connectivity index (χ1n) is 5.28. The lowest BCUT2D eigenvalue weighted by molar-refractivity contribution is 0.309. The molecule has 0 fully saturated rings. The Kier molecular flexibility index (Phi) is 4.36. The van der Waals surface area contributed by atoms with E-state index in [4.69, 9.17) is 22.1 Å². The highest BCUT2D eigenvalue weighted by Gasteiger charge is 2.04. The minimum absolute atomic E-state index is 0.501. The Morgan fingerprint density at radius 2 is 2.29 bits per heavy atom. The van der Waals surface area contributed by atoms with E-state index in [9.17, 15) is 0 Å². The van der Waals surface area contributed by atoms with Crippen LogP contribution >= 0.6 is 22.9 Å². The Morgan fingerprint density at radius 1 is 1.41 bits per heavy atom. The van der Waals surface area contributed by atoms with E-state index >= 15 is 0 Å². The molecule has 0 spiro atoms. The van der Waals surface area contributed by atoms with E-state index in [0.29, 0.717) is 23.9 Å². The number of nitrogens with two attached hydrogens (primary N) is 1. The molecule has 0 unspecified atom stereocenters. The van der Waals surface area contributed by atoms with Crippen molar-refractivity contribution in [2.45, 2.75) is 13.0 Å². The smallest absolute Gasteiger partial charge is 0.138 e. The van der Waals surface area contributed by atoms with Crippen LogP contribution in [0.25, 0.3) is 0 Å². The molecule has 0 aliphatic carbocycles. The molecule has 0 radical (unpaired) electrons. The van der Waals surface area contributed by atoms with Crippen molar-refractivity contribution in [2.24, 2.45) is 5.73 Å².